The zero-order chi connectivity index (χ0) is 16.5. The third-order valence-corrected chi connectivity index (χ3v) is 3.62. The maximum absolute atomic E-state index is 11.9. The lowest BCUT2D eigenvalue weighted by atomic mass is 10.1. The summed E-state index contributed by atoms with van der Waals surface area (Å²) in [5, 5.41) is 8.08. The summed E-state index contributed by atoms with van der Waals surface area (Å²) in [4.78, 5) is 23.6. The number of nitrogens with one attached hydrogen (secondary N) is 2. The third kappa shape index (κ3) is 6.45. The molecule has 1 aromatic carbocycles. The van der Waals surface area contributed by atoms with E-state index in [2.05, 4.69) is 10.6 Å². The van der Waals surface area contributed by atoms with E-state index in [9.17, 15) is 9.59 Å². The molecule has 0 aliphatic carbocycles. The molecular formula is C16H25ClN3O2+. The maximum Gasteiger partial charge on any atom is 0.275 e. The van der Waals surface area contributed by atoms with E-state index in [-0.39, 0.29) is 24.4 Å². The first kappa shape index (κ1) is 18.5. The zero-order valence-corrected chi connectivity index (χ0v) is 14.1. The van der Waals surface area contributed by atoms with E-state index in [0.717, 1.165) is 12.0 Å². The van der Waals surface area contributed by atoms with Crippen LogP contribution >= 0.6 is 11.6 Å². The Hall–Kier alpha value is -1.59. The van der Waals surface area contributed by atoms with Gasteiger partial charge in [-0.25, -0.2) is 0 Å². The topological polar surface area (TPSA) is 74.8 Å². The van der Waals surface area contributed by atoms with Crippen LogP contribution in [0.25, 0.3) is 0 Å². The molecule has 0 saturated heterocycles. The molecule has 6 heteroatoms. The number of carbonyl (C=O) groups is 2. The molecule has 0 unspecified atom stereocenters. The normalized spacial score (nSPS) is 13.3. The summed E-state index contributed by atoms with van der Waals surface area (Å²) in [5.41, 5.74) is 1.10. The highest BCUT2D eigenvalue weighted by molar-refractivity contribution is 6.30. The number of amides is 2. The molecule has 4 N–H and O–H groups in total. The van der Waals surface area contributed by atoms with Crippen LogP contribution in [-0.4, -0.2) is 30.9 Å². The molecule has 0 saturated carbocycles. The lowest BCUT2D eigenvalue weighted by Crippen LogP contribution is -2.87. The second-order valence-corrected chi connectivity index (χ2v) is 5.80. The molecule has 5 nitrogen and oxygen atoms in total. The summed E-state index contributed by atoms with van der Waals surface area (Å²) in [6, 6.07) is 7.19. The lowest BCUT2D eigenvalue weighted by Gasteiger charge is -2.15. The largest absolute Gasteiger partial charge is 0.354 e. The summed E-state index contributed by atoms with van der Waals surface area (Å²) in [7, 11) is 0. The molecular weight excluding hydrogens is 302 g/mol. The first-order valence-corrected chi connectivity index (χ1v) is 7.97. The Labute approximate surface area is 136 Å². The number of hydrogen-bond acceptors (Lipinski definition) is 2. The molecule has 0 aliphatic rings. The smallest absolute Gasteiger partial charge is 0.275 e. The van der Waals surface area contributed by atoms with Crippen molar-refractivity contribution in [1.82, 2.24) is 10.6 Å². The van der Waals surface area contributed by atoms with Crippen molar-refractivity contribution in [2.45, 2.75) is 39.3 Å². The van der Waals surface area contributed by atoms with Gasteiger partial charge in [0, 0.05) is 17.1 Å². The molecule has 0 fully saturated rings. The Bertz CT molecular complexity index is 491. The van der Waals surface area contributed by atoms with Gasteiger partial charge in [-0.05, 0) is 32.4 Å². The van der Waals surface area contributed by atoms with Crippen LogP contribution in [0.2, 0.25) is 5.02 Å². The van der Waals surface area contributed by atoms with Crippen LogP contribution in [-0.2, 0) is 9.59 Å². The van der Waals surface area contributed by atoms with Crippen molar-refractivity contribution >= 4 is 23.4 Å². The van der Waals surface area contributed by atoms with Crippen LogP contribution in [0.5, 0.6) is 0 Å². The van der Waals surface area contributed by atoms with E-state index < -0.39 is 6.04 Å². The number of nitrogens with two attached hydrogens (primary N) is 1. The minimum Gasteiger partial charge on any atom is -0.354 e. The second-order valence-electron chi connectivity index (χ2n) is 5.36. The van der Waals surface area contributed by atoms with Crippen LogP contribution < -0.4 is 16.0 Å². The summed E-state index contributed by atoms with van der Waals surface area (Å²) < 4.78 is 0. The molecule has 0 bridgehead atoms. The summed E-state index contributed by atoms with van der Waals surface area (Å²) in [6.45, 7) is 6.59. The Morgan fingerprint density at radius 2 is 1.86 bits per heavy atom. The quantitative estimate of drug-likeness (QED) is 0.666. The standard InChI is InChI=1S/C16H24ClN3O2/c1-4-9-18-16(22)12(3)20-15(21)10-19-11(2)13-5-7-14(17)8-6-13/h5-8,11-12,19H,4,9-10H2,1-3H3,(H,18,22)(H,20,21)/p+1/t11-,12+/m0/s1. The van der Waals surface area contributed by atoms with Crippen LogP contribution in [0.4, 0.5) is 0 Å². The van der Waals surface area contributed by atoms with Crippen molar-refractivity contribution in [3.05, 3.63) is 34.9 Å². The van der Waals surface area contributed by atoms with Gasteiger partial charge in [0.15, 0.2) is 6.54 Å². The predicted molar refractivity (Wildman–Crippen MR) is 87.6 cm³/mol. The van der Waals surface area contributed by atoms with Gasteiger partial charge in [-0.15, -0.1) is 0 Å². The van der Waals surface area contributed by atoms with E-state index in [4.69, 9.17) is 11.6 Å². The van der Waals surface area contributed by atoms with Gasteiger partial charge in [-0.3, -0.25) is 9.59 Å². The van der Waals surface area contributed by atoms with Crippen LogP contribution in [0, 0.1) is 0 Å². The average Bonchev–Trinajstić information content (AvgIpc) is 2.50. The van der Waals surface area contributed by atoms with E-state index in [1.54, 1.807) is 6.92 Å². The van der Waals surface area contributed by atoms with Crippen molar-refractivity contribution in [3.63, 3.8) is 0 Å². The van der Waals surface area contributed by atoms with Crippen LogP contribution in [0.3, 0.4) is 0 Å². The molecule has 2 amide bonds. The summed E-state index contributed by atoms with van der Waals surface area (Å²) >= 11 is 5.85. The highest BCUT2D eigenvalue weighted by Gasteiger charge is 2.17. The van der Waals surface area contributed by atoms with E-state index >= 15 is 0 Å². The monoisotopic (exact) mass is 326 g/mol. The number of rotatable bonds is 8. The molecule has 1 aromatic rings. The Morgan fingerprint density at radius 3 is 2.45 bits per heavy atom. The van der Waals surface area contributed by atoms with Crippen LogP contribution in [0.1, 0.15) is 38.8 Å². The van der Waals surface area contributed by atoms with Gasteiger partial charge in [0.2, 0.25) is 5.91 Å². The van der Waals surface area contributed by atoms with Gasteiger partial charge in [-0.1, -0.05) is 30.7 Å². The predicted octanol–water partition coefficient (Wildman–Crippen LogP) is 0.995. The molecule has 0 spiro atoms. The first-order chi connectivity index (χ1) is 10.4. The Morgan fingerprint density at radius 1 is 1.23 bits per heavy atom. The lowest BCUT2D eigenvalue weighted by molar-refractivity contribution is -0.682. The fourth-order valence-electron chi connectivity index (χ4n) is 1.95. The molecule has 2 atom stereocenters. The van der Waals surface area contributed by atoms with Crippen molar-refractivity contribution in [1.29, 1.82) is 0 Å². The molecule has 0 aliphatic heterocycles. The summed E-state index contributed by atoms with van der Waals surface area (Å²) in [6.07, 6.45) is 0.874. The van der Waals surface area contributed by atoms with Gasteiger partial charge in [0.1, 0.15) is 12.1 Å². The van der Waals surface area contributed by atoms with Crippen molar-refractivity contribution in [3.8, 4) is 0 Å². The summed E-state index contributed by atoms with van der Waals surface area (Å²) in [5.74, 6) is -0.305. The number of quaternary nitrogens is 1. The average molecular weight is 327 g/mol. The van der Waals surface area contributed by atoms with E-state index in [1.807, 2.05) is 43.4 Å². The third-order valence-electron chi connectivity index (χ3n) is 3.37. The molecule has 0 heterocycles. The van der Waals surface area contributed by atoms with Crippen molar-refractivity contribution in [2.75, 3.05) is 13.1 Å². The Balaban J connectivity index is 2.36. The maximum atomic E-state index is 11.9. The second kappa shape index (κ2) is 9.43. The first-order valence-electron chi connectivity index (χ1n) is 7.60. The number of benzene rings is 1. The minimum absolute atomic E-state index is 0.146. The number of carbonyl (C=O) groups excluding carboxylic acids is 2. The van der Waals surface area contributed by atoms with E-state index in [1.165, 1.54) is 0 Å². The molecule has 122 valence electrons. The number of hydrogen-bond donors (Lipinski definition) is 3. The Kier molecular flexibility index (Phi) is 7.91. The van der Waals surface area contributed by atoms with Crippen LogP contribution in [0.15, 0.2) is 24.3 Å². The van der Waals surface area contributed by atoms with E-state index in [0.29, 0.717) is 11.6 Å². The van der Waals surface area contributed by atoms with Crippen molar-refractivity contribution in [2.24, 2.45) is 0 Å². The van der Waals surface area contributed by atoms with Gasteiger partial charge >= 0.3 is 0 Å². The van der Waals surface area contributed by atoms with Gasteiger partial charge in [0.25, 0.3) is 5.91 Å². The van der Waals surface area contributed by atoms with Gasteiger partial charge in [-0.2, -0.15) is 0 Å². The van der Waals surface area contributed by atoms with Gasteiger partial charge < -0.3 is 16.0 Å². The molecule has 0 radical (unpaired) electrons. The minimum atomic E-state index is -0.515. The fourth-order valence-corrected chi connectivity index (χ4v) is 2.08. The zero-order valence-electron chi connectivity index (χ0n) is 13.4. The molecule has 0 aromatic heterocycles. The molecule has 22 heavy (non-hydrogen) atoms. The number of halogens is 1. The SMILES string of the molecule is CCCNC(=O)[C@@H](C)NC(=O)C[NH2+][C@@H](C)c1ccc(Cl)cc1. The van der Waals surface area contributed by atoms with Crippen molar-refractivity contribution < 1.29 is 14.9 Å². The van der Waals surface area contributed by atoms with Gasteiger partial charge in [0.05, 0.1) is 0 Å². The highest BCUT2D eigenvalue weighted by Crippen LogP contribution is 2.13. The molecule has 1 rings (SSSR count). The highest BCUT2D eigenvalue weighted by atomic mass is 35.5. The fraction of sp³-hybridized carbons (Fsp3) is 0.500.